The van der Waals surface area contributed by atoms with E-state index in [2.05, 4.69) is 10.0 Å². The van der Waals surface area contributed by atoms with Crippen LogP contribution in [0.15, 0.2) is 47.4 Å². The van der Waals surface area contributed by atoms with Crippen molar-refractivity contribution in [2.45, 2.75) is 18.7 Å². The Morgan fingerprint density at radius 2 is 1.67 bits per heavy atom. The molecule has 0 aliphatic heterocycles. The van der Waals surface area contributed by atoms with E-state index in [1.807, 2.05) is 0 Å². The van der Waals surface area contributed by atoms with Crippen molar-refractivity contribution in [1.82, 2.24) is 0 Å². The lowest BCUT2D eigenvalue weighted by Gasteiger charge is -2.11. The first-order chi connectivity index (χ1) is 11.2. The lowest BCUT2D eigenvalue weighted by molar-refractivity contribution is -0.114. The lowest BCUT2D eigenvalue weighted by Crippen LogP contribution is -2.14. The molecule has 7 nitrogen and oxygen atoms in total. The SMILES string of the molecule is CC(=O)Nc1ccc(S(=O)(=O)Nc2ccc(C(=O)O)cc2C)cc1. The van der Waals surface area contributed by atoms with Crippen LogP contribution in [0.1, 0.15) is 22.8 Å². The van der Waals surface area contributed by atoms with Crippen molar-refractivity contribution < 1.29 is 23.1 Å². The molecular weight excluding hydrogens is 332 g/mol. The number of aromatic carboxylic acids is 1. The van der Waals surface area contributed by atoms with E-state index in [1.54, 1.807) is 6.92 Å². The fourth-order valence-electron chi connectivity index (χ4n) is 2.04. The number of benzene rings is 2. The number of anilines is 2. The van der Waals surface area contributed by atoms with Crippen molar-refractivity contribution in [3.05, 3.63) is 53.6 Å². The quantitative estimate of drug-likeness (QED) is 0.768. The summed E-state index contributed by atoms with van der Waals surface area (Å²) in [6, 6.07) is 9.82. The van der Waals surface area contributed by atoms with Crippen molar-refractivity contribution in [2.24, 2.45) is 0 Å². The van der Waals surface area contributed by atoms with E-state index in [1.165, 1.54) is 49.4 Å². The highest BCUT2D eigenvalue weighted by Crippen LogP contribution is 2.22. The van der Waals surface area contributed by atoms with E-state index in [0.717, 1.165) is 0 Å². The van der Waals surface area contributed by atoms with Crippen LogP contribution < -0.4 is 10.0 Å². The second kappa shape index (κ2) is 6.71. The number of carbonyl (C=O) groups excluding carboxylic acids is 1. The van der Waals surface area contributed by atoms with Crippen molar-refractivity contribution >= 4 is 33.3 Å². The molecule has 0 fully saturated rings. The number of nitrogens with one attached hydrogen (secondary N) is 2. The fraction of sp³-hybridized carbons (Fsp3) is 0.125. The molecule has 126 valence electrons. The summed E-state index contributed by atoms with van der Waals surface area (Å²) in [7, 11) is -3.82. The van der Waals surface area contributed by atoms with Gasteiger partial charge in [-0.25, -0.2) is 13.2 Å². The molecule has 0 aliphatic rings. The minimum atomic E-state index is -3.82. The van der Waals surface area contributed by atoms with E-state index >= 15 is 0 Å². The monoisotopic (exact) mass is 348 g/mol. The molecule has 2 rings (SSSR count). The van der Waals surface area contributed by atoms with E-state index in [0.29, 0.717) is 16.9 Å². The van der Waals surface area contributed by atoms with Crippen LogP contribution in [0.3, 0.4) is 0 Å². The highest BCUT2D eigenvalue weighted by Gasteiger charge is 2.16. The molecule has 0 heterocycles. The normalized spacial score (nSPS) is 10.9. The molecule has 0 aromatic heterocycles. The van der Waals surface area contributed by atoms with E-state index < -0.39 is 16.0 Å². The number of amides is 1. The number of carbonyl (C=O) groups is 2. The zero-order chi connectivity index (χ0) is 17.9. The molecule has 0 saturated carbocycles. The molecule has 1 amide bonds. The minimum Gasteiger partial charge on any atom is -0.478 e. The van der Waals surface area contributed by atoms with Gasteiger partial charge in [-0.3, -0.25) is 9.52 Å². The number of aryl methyl sites for hydroxylation is 1. The minimum absolute atomic E-state index is 0.0262. The number of sulfonamides is 1. The van der Waals surface area contributed by atoms with Gasteiger partial charge < -0.3 is 10.4 Å². The third-order valence-electron chi connectivity index (χ3n) is 3.20. The molecule has 0 spiro atoms. The van der Waals surface area contributed by atoms with Gasteiger partial charge in [-0.05, 0) is 55.0 Å². The summed E-state index contributed by atoms with van der Waals surface area (Å²) >= 11 is 0. The van der Waals surface area contributed by atoms with Gasteiger partial charge in [-0.1, -0.05) is 0 Å². The summed E-state index contributed by atoms with van der Waals surface area (Å²) in [5.74, 6) is -1.33. The van der Waals surface area contributed by atoms with Crippen molar-refractivity contribution in [3.8, 4) is 0 Å². The maximum absolute atomic E-state index is 12.4. The van der Waals surface area contributed by atoms with E-state index in [-0.39, 0.29) is 16.4 Å². The zero-order valence-corrected chi connectivity index (χ0v) is 13.8. The Bertz CT molecular complexity index is 889. The first kappa shape index (κ1) is 17.5. The van der Waals surface area contributed by atoms with Crippen LogP contribution >= 0.6 is 0 Å². The zero-order valence-electron chi connectivity index (χ0n) is 13.0. The number of hydrogen-bond acceptors (Lipinski definition) is 4. The molecule has 8 heteroatoms. The Balaban J connectivity index is 2.25. The summed E-state index contributed by atoms with van der Waals surface area (Å²) in [5.41, 5.74) is 1.36. The number of carboxylic acid groups (broad SMARTS) is 1. The Hall–Kier alpha value is -2.87. The Kier molecular flexibility index (Phi) is 4.89. The second-order valence-corrected chi connectivity index (χ2v) is 6.83. The summed E-state index contributed by atoms with van der Waals surface area (Å²) in [5, 5.41) is 11.5. The standard InChI is InChI=1S/C16H16N2O5S/c1-10-9-12(16(20)21)3-8-15(10)18-24(22,23)14-6-4-13(5-7-14)17-11(2)19/h3-9,18H,1-2H3,(H,17,19)(H,20,21). The molecule has 2 aromatic rings. The maximum atomic E-state index is 12.4. The Morgan fingerprint density at radius 1 is 1.04 bits per heavy atom. The topological polar surface area (TPSA) is 113 Å². The average molecular weight is 348 g/mol. The van der Waals surface area contributed by atoms with Crippen LogP contribution in [-0.4, -0.2) is 25.4 Å². The number of carboxylic acids is 1. The maximum Gasteiger partial charge on any atom is 0.335 e. The fourth-order valence-corrected chi connectivity index (χ4v) is 3.17. The van der Waals surface area contributed by atoms with Crippen LogP contribution in [0, 0.1) is 6.92 Å². The third kappa shape index (κ3) is 4.11. The molecule has 0 radical (unpaired) electrons. The molecule has 24 heavy (non-hydrogen) atoms. The highest BCUT2D eigenvalue weighted by molar-refractivity contribution is 7.92. The van der Waals surface area contributed by atoms with Gasteiger partial charge in [0.15, 0.2) is 0 Å². The number of rotatable bonds is 5. The van der Waals surface area contributed by atoms with Gasteiger partial charge in [-0.2, -0.15) is 0 Å². The van der Waals surface area contributed by atoms with Crippen molar-refractivity contribution in [1.29, 1.82) is 0 Å². The first-order valence-corrected chi connectivity index (χ1v) is 8.42. The third-order valence-corrected chi connectivity index (χ3v) is 4.58. The Morgan fingerprint density at radius 3 is 2.17 bits per heavy atom. The van der Waals surface area contributed by atoms with Crippen LogP contribution in [0.25, 0.3) is 0 Å². The second-order valence-electron chi connectivity index (χ2n) is 5.15. The molecule has 3 N–H and O–H groups in total. The molecular formula is C16H16N2O5S. The Labute approximate surface area is 139 Å². The van der Waals surface area contributed by atoms with Gasteiger partial charge >= 0.3 is 5.97 Å². The predicted octanol–water partition coefficient (Wildman–Crippen LogP) is 2.45. The molecule has 0 saturated heterocycles. The lowest BCUT2D eigenvalue weighted by atomic mass is 10.1. The van der Waals surface area contributed by atoms with Gasteiger partial charge in [0.2, 0.25) is 5.91 Å². The molecule has 0 atom stereocenters. The largest absolute Gasteiger partial charge is 0.478 e. The molecule has 0 bridgehead atoms. The first-order valence-electron chi connectivity index (χ1n) is 6.93. The van der Waals surface area contributed by atoms with Gasteiger partial charge in [0.05, 0.1) is 16.1 Å². The summed E-state index contributed by atoms with van der Waals surface area (Å²) in [6.45, 7) is 2.97. The van der Waals surface area contributed by atoms with E-state index in [9.17, 15) is 18.0 Å². The van der Waals surface area contributed by atoms with Crippen LogP contribution in [-0.2, 0) is 14.8 Å². The van der Waals surface area contributed by atoms with Gasteiger partial charge in [0.1, 0.15) is 0 Å². The number of hydrogen-bond donors (Lipinski definition) is 3. The summed E-state index contributed by atoms with van der Waals surface area (Å²) in [6.07, 6.45) is 0. The molecule has 0 aliphatic carbocycles. The van der Waals surface area contributed by atoms with Gasteiger partial charge in [0.25, 0.3) is 10.0 Å². The van der Waals surface area contributed by atoms with Crippen LogP contribution in [0.5, 0.6) is 0 Å². The van der Waals surface area contributed by atoms with Crippen LogP contribution in [0.4, 0.5) is 11.4 Å². The van der Waals surface area contributed by atoms with Crippen LogP contribution in [0.2, 0.25) is 0 Å². The molecule has 2 aromatic carbocycles. The average Bonchev–Trinajstić information content (AvgIpc) is 2.49. The summed E-state index contributed by atoms with van der Waals surface area (Å²) < 4.78 is 27.2. The van der Waals surface area contributed by atoms with E-state index in [4.69, 9.17) is 5.11 Å². The molecule has 0 unspecified atom stereocenters. The highest BCUT2D eigenvalue weighted by atomic mass is 32.2. The smallest absolute Gasteiger partial charge is 0.335 e. The van der Waals surface area contributed by atoms with Crippen molar-refractivity contribution in [2.75, 3.05) is 10.0 Å². The van der Waals surface area contributed by atoms with Gasteiger partial charge in [0, 0.05) is 12.6 Å². The van der Waals surface area contributed by atoms with Crippen molar-refractivity contribution in [3.63, 3.8) is 0 Å². The summed E-state index contributed by atoms with van der Waals surface area (Å²) in [4.78, 5) is 21.9. The van der Waals surface area contributed by atoms with Gasteiger partial charge in [-0.15, -0.1) is 0 Å². The predicted molar refractivity (Wildman–Crippen MR) is 89.7 cm³/mol.